The molecule has 6 heterocycles. The highest BCUT2D eigenvalue weighted by Gasteiger charge is 2.16. The van der Waals surface area contributed by atoms with Crippen molar-refractivity contribution in [1.29, 1.82) is 0 Å². The molecule has 9 heteroatoms. The average Bonchev–Trinajstić information content (AvgIpc) is 3.61. The molecule has 6 rings (SSSR count). The van der Waals surface area contributed by atoms with Gasteiger partial charge in [0.2, 0.25) is 5.91 Å². The number of nitrogens with zero attached hydrogens (tertiary/aromatic N) is 4. The quantitative estimate of drug-likeness (QED) is 0.283. The van der Waals surface area contributed by atoms with Gasteiger partial charge in [0.25, 0.3) is 0 Å². The summed E-state index contributed by atoms with van der Waals surface area (Å²) in [7, 11) is 0. The third kappa shape index (κ3) is 3.85. The minimum absolute atomic E-state index is 0.0603. The molecule has 0 aromatic carbocycles. The first-order chi connectivity index (χ1) is 17.1. The highest BCUT2D eigenvalue weighted by atomic mass is 32.1. The van der Waals surface area contributed by atoms with E-state index in [2.05, 4.69) is 55.6 Å². The van der Waals surface area contributed by atoms with E-state index in [1.807, 2.05) is 37.5 Å². The number of hydrogen-bond acceptors (Lipinski definition) is 6. The van der Waals surface area contributed by atoms with Gasteiger partial charge in [0, 0.05) is 45.1 Å². The molecule has 0 bridgehead atoms. The number of nitrogens with one attached hydrogen (secondary N) is 3. The Morgan fingerprint density at radius 3 is 2.74 bits per heavy atom. The zero-order chi connectivity index (χ0) is 23.9. The minimum atomic E-state index is -0.0603. The normalized spacial score (nSPS) is 11.4. The van der Waals surface area contributed by atoms with Crippen molar-refractivity contribution in [1.82, 2.24) is 30.1 Å². The summed E-state index contributed by atoms with van der Waals surface area (Å²) in [4.78, 5) is 31.3. The average molecular weight is 480 g/mol. The number of anilines is 1. The van der Waals surface area contributed by atoms with Crippen LogP contribution in [0.1, 0.15) is 18.2 Å². The maximum absolute atomic E-state index is 11.8. The molecule has 1 amide bonds. The molecule has 0 spiro atoms. The van der Waals surface area contributed by atoms with Gasteiger partial charge in [-0.25, -0.2) is 4.98 Å². The number of thiophene rings is 1. The van der Waals surface area contributed by atoms with Crippen LogP contribution < -0.4 is 5.32 Å². The Morgan fingerprint density at radius 2 is 1.91 bits per heavy atom. The van der Waals surface area contributed by atoms with E-state index in [9.17, 15) is 4.79 Å². The van der Waals surface area contributed by atoms with E-state index in [1.54, 1.807) is 23.7 Å². The van der Waals surface area contributed by atoms with Crippen molar-refractivity contribution in [2.45, 2.75) is 20.3 Å². The van der Waals surface area contributed by atoms with Crippen LogP contribution in [0.5, 0.6) is 0 Å². The van der Waals surface area contributed by atoms with Crippen molar-refractivity contribution in [2.75, 3.05) is 5.32 Å². The molecular formula is C26H21N7OS. The molecule has 0 fully saturated rings. The van der Waals surface area contributed by atoms with Gasteiger partial charge in [-0.15, -0.1) is 11.3 Å². The van der Waals surface area contributed by atoms with Crippen molar-refractivity contribution >= 4 is 44.9 Å². The molecule has 6 aromatic heterocycles. The highest BCUT2D eigenvalue weighted by Crippen LogP contribution is 2.36. The first-order valence-electron chi connectivity index (χ1n) is 11.2. The van der Waals surface area contributed by atoms with Crippen molar-refractivity contribution in [3.8, 4) is 33.1 Å². The van der Waals surface area contributed by atoms with E-state index < -0.39 is 0 Å². The molecule has 8 nitrogen and oxygen atoms in total. The van der Waals surface area contributed by atoms with Gasteiger partial charge in [-0.3, -0.25) is 19.9 Å². The van der Waals surface area contributed by atoms with Crippen LogP contribution in [0.3, 0.4) is 0 Å². The summed E-state index contributed by atoms with van der Waals surface area (Å²) >= 11 is 1.75. The van der Waals surface area contributed by atoms with Crippen molar-refractivity contribution in [3.63, 3.8) is 0 Å². The van der Waals surface area contributed by atoms with Gasteiger partial charge >= 0.3 is 0 Å². The lowest BCUT2D eigenvalue weighted by Crippen LogP contribution is -2.09. The third-order valence-electron chi connectivity index (χ3n) is 5.85. The lowest BCUT2D eigenvalue weighted by molar-refractivity contribution is -0.115. The Hall–Kier alpha value is -4.37. The Balaban J connectivity index is 1.43. The summed E-state index contributed by atoms with van der Waals surface area (Å²) in [5, 5.41) is 11.6. The van der Waals surface area contributed by atoms with Crippen LogP contribution in [-0.2, 0) is 4.79 Å². The van der Waals surface area contributed by atoms with E-state index in [-0.39, 0.29) is 5.91 Å². The highest BCUT2D eigenvalue weighted by molar-refractivity contribution is 7.15. The second-order valence-corrected chi connectivity index (χ2v) is 9.56. The lowest BCUT2D eigenvalue weighted by Gasteiger charge is -2.06. The lowest BCUT2D eigenvalue weighted by atomic mass is 10.1. The van der Waals surface area contributed by atoms with Crippen LogP contribution >= 0.6 is 11.3 Å². The standard InChI is InChI=1S/C26H21N7OS/c1-3-24(34)29-16-8-15(10-27-11-16)19-5-6-20-25(31-19)26(33-32-20)21-9-17-18(12-28-13-22(17)30-21)23-7-4-14(2)35-23/h4-13,30H,3H2,1-2H3,(H,29,34)(H,32,33). The fourth-order valence-corrected chi connectivity index (χ4v) is 4.99. The zero-order valence-electron chi connectivity index (χ0n) is 19.1. The van der Waals surface area contributed by atoms with Crippen LogP contribution in [-0.4, -0.2) is 36.0 Å². The SMILES string of the molecule is CCC(=O)Nc1cncc(-c2ccc3[nH]nc(-c4cc5c(-c6ccc(C)s6)cncc5[nH]4)c3n2)c1. The maximum atomic E-state index is 11.8. The van der Waals surface area contributed by atoms with Gasteiger partial charge in [-0.1, -0.05) is 6.92 Å². The molecule has 6 aromatic rings. The van der Waals surface area contributed by atoms with E-state index in [4.69, 9.17) is 4.98 Å². The Labute approximate surface area is 204 Å². The number of H-pyrrole nitrogens is 2. The van der Waals surface area contributed by atoms with E-state index >= 15 is 0 Å². The minimum Gasteiger partial charge on any atom is -0.352 e. The first-order valence-corrected chi connectivity index (χ1v) is 12.0. The number of aryl methyl sites for hydroxylation is 1. The van der Waals surface area contributed by atoms with Crippen LogP contribution in [0.15, 0.2) is 61.2 Å². The molecule has 0 unspecified atom stereocenters. The summed E-state index contributed by atoms with van der Waals surface area (Å²) in [6.07, 6.45) is 7.50. The number of pyridine rings is 3. The van der Waals surface area contributed by atoms with Gasteiger partial charge in [-0.2, -0.15) is 5.10 Å². The van der Waals surface area contributed by atoms with E-state index in [0.29, 0.717) is 12.1 Å². The van der Waals surface area contributed by atoms with Gasteiger partial charge in [-0.05, 0) is 43.3 Å². The summed E-state index contributed by atoms with van der Waals surface area (Å²) in [5.74, 6) is -0.0603. The zero-order valence-corrected chi connectivity index (χ0v) is 19.9. The van der Waals surface area contributed by atoms with Crippen molar-refractivity contribution in [3.05, 3.63) is 66.1 Å². The molecule has 172 valence electrons. The molecule has 0 aliphatic heterocycles. The van der Waals surface area contributed by atoms with Gasteiger partial charge < -0.3 is 10.3 Å². The predicted molar refractivity (Wildman–Crippen MR) is 139 cm³/mol. The second kappa shape index (κ2) is 8.44. The predicted octanol–water partition coefficient (Wildman–Crippen LogP) is 5.95. The van der Waals surface area contributed by atoms with Crippen LogP contribution in [0, 0.1) is 6.92 Å². The topological polar surface area (TPSA) is 112 Å². The van der Waals surface area contributed by atoms with Crippen LogP contribution in [0.2, 0.25) is 0 Å². The van der Waals surface area contributed by atoms with Crippen molar-refractivity contribution < 1.29 is 4.79 Å². The van der Waals surface area contributed by atoms with E-state index in [0.717, 1.165) is 50.1 Å². The Kier molecular flexibility index (Phi) is 5.11. The van der Waals surface area contributed by atoms with Gasteiger partial charge in [0.1, 0.15) is 11.2 Å². The number of hydrogen-bond donors (Lipinski definition) is 3. The number of carbonyl (C=O) groups excluding carboxylic acids is 1. The largest absolute Gasteiger partial charge is 0.352 e. The van der Waals surface area contributed by atoms with Gasteiger partial charge in [0.05, 0.1) is 40.5 Å². The van der Waals surface area contributed by atoms with Crippen LogP contribution in [0.4, 0.5) is 5.69 Å². The Bertz CT molecular complexity index is 1710. The number of carbonyl (C=O) groups is 1. The molecule has 0 saturated heterocycles. The smallest absolute Gasteiger partial charge is 0.224 e. The molecule has 3 N–H and O–H groups in total. The van der Waals surface area contributed by atoms with Gasteiger partial charge in [0.15, 0.2) is 0 Å². The Morgan fingerprint density at radius 1 is 1.03 bits per heavy atom. The van der Waals surface area contributed by atoms with E-state index in [1.165, 1.54) is 9.75 Å². The monoisotopic (exact) mass is 479 g/mol. The molecule has 0 aliphatic carbocycles. The molecule has 35 heavy (non-hydrogen) atoms. The number of aromatic nitrogens is 6. The molecule has 0 saturated carbocycles. The number of rotatable bonds is 5. The molecular weight excluding hydrogens is 458 g/mol. The fourth-order valence-electron chi connectivity index (χ4n) is 4.10. The summed E-state index contributed by atoms with van der Waals surface area (Å²) in [6, 6.07) is 12.1. The van der Waals surface area contributed by atoms with Crippen LogP contribution in [0.25, 0.3) is 55.0 Å². The summed E-state index contributed by atoms with van der Waals surface area (Å²) in [5.41, 5.74) is 7.40. The molecule has 0 atom stereocenters. The number of amides is 1. The summed E-state index contributed by atoms with van der Waals surface area (Å²) < 4.78 is 0. The fraction of sp³-hybridized carbons (Fsp3) is 0.115. The first kappa shape index (κ1) is 21.2. The molecule has 0 radical (unpaired) electrons. The maximum Gasteiger partial charge on any atom is 0.224 e. The number of aromatic amines is 2. The number of fused-ring (bicyclic) bond motifs is 2. The second-order valence-electron chi connectivity index (χ2n) is 8.27. The molecule has 0 aliphatic rings. The van der Waals surface area contributed by atoms with Crippen molar-refractivity contribution in [2.24, 2.45) is 0 Å². The summed E-state index contributed by atoms with van der Waals surface area (Å²) in [6.45, 7) is 3.92. The third-order valence-corrected chi connectivity index (χ3v) is 6.89.